The molecule has 0 aliphatic heterocycles. The molecule has 0 aliphatic carbocycles. The minimum absolute atomic E-state index is 0.493. The van der Waals surface area contributed by atoms with Crippen molar-refractivity contribution in [1.29, 1.82) is 0 Å². The summed E-state index contributed by atoms with van der Waals surface area (Å²) in [6.07, 6.45) is 3.81. The van der Waals surface area contributed by atoms with E-state index in [1.807, 2.05) is 31.2 Å². The highest BCUT2D eigenvalue weighted by molar-refractivity contribution is 7.80. The van der Waals surface area contributed by atoms with Crippen molar-refractivity contribution in [3.8, 4) is 0 Å². The summed E-state index contributed by atoms with van der Waals surface area (Å²) in [7, 11) is 0. The van der Waals surface area contributed by atoms with Crippen LogP contribution in [0.4, 0.5) is 0 Å². The fourth-order valence-electron chi connectivity index (χ4n) is 2.16. The lowest BCUT2D eigenvalue weighted by molar-refractivity contribution is 0.680. The molecule has 1 aromatic carbocycles. The summed E-state index contributed by atoms with van der Waals surface area (Å²) in [6, 6.07) is 7.59. The maximum Gasteiger partial charge on any atom is 0.186 e. The number of benzene rings is 1. The summed E-state index contributed by atoms with van der Waals surface area (Å²) >= 11 is 17.5. The van der Waals surface area contributed by atoms with E-state index in [1.165, 1.54) is 0 Å². The standard InChI is InChI=1S/C17H21Cl2N5S/c1-3-4-9-20-17(25)22-21-10-15-12(2)23-24(16(15)19)11-13-5-7-14(18)8-6-13/h5-8,10H,3-4,9,11H2,1-2H3,(H2,20,22,25). The van der Waals surface area contributed by atoms with Crippen molar-refractivity contribution in [2.24, 2.45) is 5.10 Å². The summed E-state index contributed by atoms with van der Waals surface area (Å²) < 4.78 is 1.74. The van der Waals surface area contributed by atoms with Crippen LogP contribution in [0, 0.1) is 6.92 Å². The Labute approximate surface area is 163 Å². The Bertz CT molecular complexity index is 740. The second kappa shape index (κ2) is 9.75. The lowest BCUT2D eigenvalue weighted by Crippen LogP contribution is -2.32. The van der Waals surface area contributed by atoms with Crippen molar-refractivity contribution in [3.63, 3.8) is 0 Å². The molecule has 0 fully saturated rings. The quantitative estimate of drug-likeness (QED) is 0.319. The maximum atomic E-state index is 6.44. The molecule has 2 rings (SSSR count). The molecular weight excluding hydrogens is 377 g/mol. The molecule has 5 nitrogen and oxygen atoms in total. The van der Waals surface area contributed by atoms with Crippen molar-refractivity contribution in [3.05, 3.63) is 51.3 Å². The third kappa shape index (κ3) is 5.99. The van der Waals surface area contributed by atoms with Crippen LogP contribution in [-0.2, 0) is 6.54 Å². The third-order valence-corrected chi connectivity index (χ3v) is 4.42. The van der Waals surface area contributed by atoms with Gasteiger partial charge in [0.2, 0.25) is 0 Å². The van der Waals surface area contributed by atoms with E-state index in [0.29, 0.717) is 21.8 Å². The number of nitrogens with zero attached hydrogens (tertiary/aromatic N) is 3. The predicted octanol–water partition coefficient (Wildman–Crippen LogP) is 4.14. The lowest BCUT2D eigenvalue weighted by atomic mass is 10.2. The first kappa shape index (κ1) is 19.7. The normalized spacial score (nSPS) is 11.0. The molecule has 2 aromatic rings. The molecule has 1 heterocycles. The smallest absolute Gasteiger partial charge is 0.186 e. The molecule has 0 aliphatic rings. The maximum absolute atomic E-state index is 6.44. The van der Waals surface area contributed by atoms with Crippen molar-refractivity contribution >= 4 is 46.7 Å². The number of rotatable bonds is 7. The fraction of sp³-hybridized carbons (Fsp3) is 0.353. The molecular formula is C17H21Cl2N5S. The second-order valence-electron chi connectivity index (χ2n) is 5.55. The van der Waals surface area contributed by atoms with E-state index in [0.717, 1.165) is 36.2 Å². The number of aromatic nitrogens is 2. The molecule has 0 saturated carbocycles. The number of hydrazone groups is 1. The highest BCUT2D eigenvalue weighted by Gasteiger charge is 2.12. The summed E-state index contributed by atoms with van der Waals surface area (Å²) in [6.45, 7) is 5.41. The molecule has 0 amide bonds. The zero-order valence-corrected chi connectivity index (χ0v) is 16.5. The molecule has 2 N–H and O–H groups in total. The Balaban J connectivity index is 2.00. The Morgan fingerprint density at radius 1 is 1.32 bits per heavy atom. The van der Waals surface area contributed by atoms with Crippen LogP contribution in [0.2, 0.25) is 10.2 Å². The van der Waals surface area contributed by atoms with Crippen LogP contribution in [0.15, 0.2) is 29.4 Å². The highest BCUT2D eigenvalue weighted by atomic mass is 35.5. The Morgan fingerprint density at radius 3 is 2.72 bits per heavy atom. The van der Waals surface area contributed by atoms with Gasteiger partial charge in [-0.2, -0.15) is 10.2 Å². The van der Waals surface area contributed by atoms with Crippen LogP contribution in [0.25, 0.3) is 0 Å². The number of aryl methyl sites for hydroxylation is 1. The number of unbranched alkanes of at least 4 members (excludes halogenated alkanes) is 1. The topological polar surface area (TPSA) is 54.2 Å². The molecule has 8 heteroatoms. The minimum atomic E-state index is 0.493. The van der Waals surface area contributed by atoms with Crippen LogP contribution >= 0.6 is 35.4 Å². The van der Waals surface area contributed by atoms with Gasteiger partial charge in [0, 0.05) is 11.6 Å². The number of halogens is 2. The molecule has 25 heavy (non-hydrogen) atoms. The summed E-state index contributed by atoms with van der Waals surface area (Å²) in [4.78, 5) is 0. The molecule has 134 valence electrons. The predicted molar refractivity (Wildman–Crippen MR) is 109 cm³/mol. The summed E-state index contributed by atoms with van der Waals surface area (Å²) in [5.74, 6) is 0. The number of nitrogens with one attached hydrogen (secondary N) is 2. The zero-order valence-electron chi connectivity index (χ0n) is 14.2. The monoisotopic (exact) mass is 397 g/mol. The van der Waals surface area contributed by atoms with E-state index in [9.17, 15) is 0 Å². The van der Waals surface area contributed by atoms with Gasteiger partial charge in [0.05, 0.1) is 24.0 Å². The summed E-state index contributed by atoms with van der Waals surface area (Å²) in [5, 5.41) is 13.4. The van der Waals surface area contributed by atoms with Gasteiger partial charge in [-0.1, -0.05) is 48.7 Å². The van der Waals surface area contributed by atoms with E-state index in [-0.39, 0.29) is 0 Å². The van der Waals surface area contributed by atoms with Crippen molar-refractivity contribution in [2.75, 3.05) is 6.54 Å². The van der Waals surface area contributed by atoms with E-state index in [4.69, 9.17) is 35.4 Å². The van der Waals surface area contributed by atoms with Gasteiger partial charge < -0.3 is 5.32 Å². The number of thiocarbonyl (C=S) groups is 1. The minimum Gasteiger partial charge on any atom is -0.361 e. The lowest BCUT2D eigenvalue weighted by Gasteiger charge is -2.05. The van der Waals surface area contributed by atoms with Gasteiger partial charge in [-0.15, -0.1) is 0 Å². The second-order valence-corrected chi connectivity index (χ2v) is 6.76. The number of hydrogen-bond donors (Lipinski definition) is 2. The largest absolute Gasteiger partial charge is 0.361 e. The first-order valence-electron chi connectivity index (χ1n) is 8.05. The molecule has 1 aromatic heterocycles. The highest BCUT2D eigenvalue weighted by Crippen LogP contribution is 2.19. The molecule has 0 atom stereocenters. The molecule has 0 saturated heterocycles. The Hall–Kier alpha value is -1.63. The van der Waals surface area contributed by atoms with Crippen LogP contribution in [0.5, 0.6) is 0 Å². The van der Waals surface area contributed by atoms with Crippen LogP contribution in [0.3, 0.4) is 0 Å². The SMILES string of the molecule is CCCCNC(=S)NN=Cc1c(C)nn(Cc2ccc(Cl)cc2)c1Cl. The number of hydrogen-bond acceptors (Lipinski definition) is 3. The Morgan fingerprint density at radius 2 is 2.04 bits per heavy atom. The van der Waals surface area contributed by atoms with Crippen LogP contribution < -0.4 is 10.7 Å². The average molecular weight is 398 g/mol. The van der Waals surface area contributed by atoms with Gasteiger partial charge in [0.15, 0.2) is 5.11 Å². The van der Waals surface area contributed by atoms with E-state index >= 15 is 0 Å². The van der Waals surface area contributed by atoms with Crippen LogP contribution in [-0.4, -0.2) is 27.7 Å². The van der Waals surface area contributed by atoms with Gasteiger partial charge >= 0.3 is 0 Å². The van der Waals surface area contributed by atoms with Crippen molar-refractivity contribution in [1.82, 2.24) is 20.5 Å². The van der Waals surface area contributed by atoms with Gasteiger partial charge in [-0.25, -0.2) is 4.68 Å². The van der Waals surface area contributed by atoms with E-state index < -0.39 is 0 Å². The first-order valence-corrected chi connectivity index (χ1v) is 9.22. The van der Waals surface area contributed by atoms with Crippen molar-refractivity contribution < 1.29 is 0 Å². The van der Waals surface area contributed by atoms with Gasteiger partial charge in [-0.05, 0) is 43.3 Å². The molecule has 0 unspecified atom stereocenters. The summed E-state index contributed by atoms with van der Waals surface area (Å²) in [5.41, 5.74) is 5.42. The Kier molecular flexibility index (Phi) is 7.68. The fourth-order valence-corrected chi connectivity index (χ4v) is 2.72. The zero-order chi connectivity index (χ0) is 18.2. The average Bonchev–Trinajstić information content (AvgIpc) is 2.84. The van der Waals surface area contributed by atoms with Gasteiger partial charge in [-0.3, -0.25) is 5.43 Å². The van der Waals surface area contributed by atoms with Crippen LogP contribution in [0.1, 0.15) is 36.6 Å². The van der Waals surface area contributed by atoms with Gasteiger partial charge in [0.1, 0.15) is 5.15 Å². The van der Waals surface area contributed by atoms with E-state index in [2.05, 4.69) is 27.9 Å². The first-order chi connectivity index (χ1) is 12.0. The molecule has 0 bridgehead atoms. The molecule has 0 radical (unpaired) electrons. The third-order valence-electron chi connectivity index (χ3n) is 3.53. The molecule has 0 spiro atoms. The van der Waals surface area contributed by atoms with E-state index in [1.54, 1.807) is 10.9 Å². The van der Waals surface area contributed by atoms with Gasteiger partial charge in [0.25, 0.3) is 0 Å². The van der Waals surface area contributed by atoms with Crippen molar-refractivity contribution in [2.45, 2.75) is 33.2 Å².